The van der Waals surface area contributed by atoms with Crippen molar-refractivity contribution in [3.05, 3.63) is 37.9 Å². The minimum Gasteiger partial charge on any atom is -0.466 e. The highest BCUT2D eigenvalue weighted by molar-refractivity contribution is 9.11. The molecule has 142 valence electrons. The van der Waals surface area contributed by atoms with Crippen LogP contribution < -0.4 is 4.90 Å². The van der Waals surface area contributed by atoms with Crippen LogP contribution in [0, 0.1) is 0 Å². The minimum atomic E-state index is -4.56. The molecule has 0 bridgehead atoms. The maximum atomic E-state index is 13.0. The Morgan fingerprint density at radius 1 is 1.12 bits per heavy atom. The minimum absolute atomic E-state index is 0.0373. The van der Waals surface area contributed by atoms with Crippen molar-refractivity contribution in [3.8, 4) is 0 Å². The molecule has 0 N–H and O–H groups in total. The second kappa shape index (κ2) is 7.97. The Kier molecular flexibility index (Phi) is 6.35. The molecule has 0 atom stereocenters. The Morgan fingerprint density at radius 2 is 1.65 bits per heavy atom. The number of anilines is 1. The number of nitrogens with zero attached hydrogens (tertiary/aromatic N) is 1. The van der Waals surface area contributed by atoms with Gasteiger partial charge in [0.1, 0.15) is 12.4 Å². The van der Waals surface area contributed by atoms with E-state index in [-0.39, 0.29) is 39.2 Å². The van der Waals surface area contributed by atoms with Crippen LogP contribution in [0.4, 0.5) is 18.9 Å². The summed E-state index contributed by atoms with van der Waals surface area (Å²) in [4.78, 5) is 25.4. The van der Waals surface area contributed by atoms with Gasteiger partial charge in [0, 0.05) is 8.95 Å². The molecule has 1 aliphatic heterocycles. The first-order valence-corrected chi connectivity index (χ1v) is 8.51. The highest BCUT2D eigenvalue weighted by atomic mass is 79.9. The van der Waals surface area contributed by atoms with Crippen molar-refractivity contribution in [2.24, 2.45) is 0 Å². The van der Waals surface area contributed by atoms with Crippen molar-refractivity contribution in [1.82, 2.24) is 0 Å². The van der Waals surface area contributed by atoms with Crippen molar-refractivity contribution < 1.29 is 37.0 Å². The van der Waals surface area contributed by atoms with Gasteiger partial charge in [0.15, 0.2) is 0 Å². The average Bonchev–Trinajstić information content (AvgIpc) is 2.58. The molecule has 0 saturated heterocycles. The Morgan fingerprint density at radius 3 is 2.12 bits per heavy atom. The summed E-state index contributed by atoms with van der Waals surface area (Å²) in [6.45, 7) is -0.392. The lowest BCUT2D eigenvalue weighted by atomic mass is 10.1. The van der Waals surface area contributed by atoms with Gasteiger partial charge < -0.3 is 19.1 Å². The van der Waals surface area contributed by atoms with E-state index in [1.807, 2.05) is 0 Å². The summed E-state index contributed by atoms with van der Waals surface area (Å²) in [5, 5.41) is 0. The predicted octanol–water partition coefficient (Wildman–Crippen LogP) is 3.62. The molecule has 2 rings (SSSR count). The number of benzene rings is 1. The van der Waals surface area contributed by atoms with Crippen molar-refractivity contribution >= 4 is 49.5 Å². The van der Waals surface area contributed by atoms with Crippen LogP contribution in [-0.4, -0.2) is 39.5 Å². The molecule has 0 unspecified atom stereocenters. The fraction of sp³-hybridized carbons (Fsp3) is 0.333. The first-order valence-electron chi connectivity index (χ1n) is 6.93. The zero-order valence-electron chi connectivity index (χ0n) is 13.4. The van der Waals surface area contributed by atoms with Gasteiger partial charge in [-0.25, -0.2) is 9.59 Å². The van der Waals surface area contributed by atoms with Gasteiger partial charge in [0.2, 0.25) is 0 Å². The largest absolute Gasteiger partial charge is 0.466 e. The first-order chi connectivity index (χ1) is 12.1. The summed E-state index contributed by atoms with van der Waals surface area (Å²) in [6, 6.07) is 1.73. The van der Waals surface area contributed by atoms with Crippen molar-refractivity contribution in [2.75, 3.05) is 32.5 Å². The number of halogens is 5. The molecule has 0 saturated carbocycles. The van der Waals surface area contributed by atoms with Crippen LogP contribution in [-0.2, 0) is 30.0 Å². The quantitative estimate of drug-likeness (QED) is 0.588. The van der Waals surface area contributed by atoms with Gasteiger partial charge in [-0.1, -0.05) is 0 Å². The van der Waals surface area contributed by atoms with Gasteiger partial charge >= 0.3 is 18.1 Å². The number of rotatable bonds is 3. The highest BCUT2D eigenvalue weighted by Gasteiger charge is 2.36. The number of carbonyl (C=O) groups is 2. The zero-order valence-corrected chi connectivity index (χ0v) is 16.6. The topological polar surface area (TPSA) is 65.1 Å². The van der Waals surface area contributed by atoms with E-state index >= 15 is 0 Å². The summed E-state index contributed by atoms with van der Waals surface area (Å²) in [6.07, 6.45) is -4.56. The van der Waals surface area contributed by atoms with Crippen molar-refractivity contribution in [3.63, 3.8) is 0 Å². The standard InChI is InChI=1S/C15H12Br2F3NO5/c1-24-13(22)8-5-26-6-21(11(8)14(23)25-2)12-9(16)3-7(4-10(12)17)15(18,19)20/h3-4H,5-6H2,1-2H3. The van der Waals surface area contributed by atoms with Gasteiger partial charge in [0.25, 0.3) is 0 Å². The monoisotopic (exact) mass is 501 g/mol. The summed E-state index contributed by atoms with van der Waals surface area (Å²) >= 11 is 6.16. The fourth-order valence-corrected chi connectivity index (χ4v) is 3.92. The SMILES string of the molecule is COC(=O)C1=C(C(=O)OC)N(c2c(Br)cc(C(F)(F)F)cc2Br)COC1. The summed E-state index contributed by atoms with van der Waals surface area (Å²) in [5.41, 5.74) is -1.01. The van der Waals surface area contributed by atoms with Crippen LogP contribution in [0.25, 0.3) is 0 Å². The van der Waals surface area contributed by atoms with Crippen LogP contribution in [0.15, 0.2) is 32.3 Å². The molecule has 11 heteroatoms. The molecule has 0 fully saturated rings. The summed E-state index contributed by atoms with van der Waals surface area (Å²) in [7, 11) is 2.25. The fourth-order valence-electron chi connectivity index (χ4n) is 2.31. The third-order valence-corrected chi connectivity index (χ3v) is 4.66. The number of methoxy groups -OCH3 is 2. The second-order valence-corrected chi connectivity index (χ2v) is 6.71. The van der Waals surface area contributed by atoms with E-state index in [4.69, 9.17) is 9.47 Å². The van der Waals surface area contributed by atoms with E-state index < -0.39 is 23.7 Å². The van der Waals surface area contributed by atoms with Crippen LogP contribution in [0.2, 0.25) is 0 Å². The number of hydrogen-bond donors (Lipinski definition) is 0. The number of ether oxygens (including phenoxy) is 3. The maximum absolute atomic E-state index is 13.0. The lowest BCUT2D eigenvalue weighted by Crippen LogP contribution is -2.39. The molecule has 1 heterocycles. The van der Waals surface area contributed by atoms with Crippen molar-refractivity contribution in [1.29, 1.82) is 0 Å². The van der Waals surface area contributed by atoms with E-state index in [2.05, 4.69) is 36.6 Å². The van der Waals surface area contributed by atoms with Gasteiger partial charge in [-0.2, -0.15) is 13.2 Å². The molecular weight excluding hydrogens is 491 g/mol. The molecule has 0 radical (unpaired) electrons. The third-order valence-electron chi connectivity index (χ3n) is 3.45. The van der Waals surface area contributed by atoms with Gasteiger partial charge in [0.05, 0.1) is 37.7 Å². The van der Waals surface area contributed by atoms with Crippen molar-refractivity contribution in [2.45, 2.75) is 6.18 Å². The third kappa shape index (κ3) is 4.04. The molecule has 1 aromatic carbocycles. The molecule has 1 aromatic rings. The van der Waals surface area contributed by atoms with Crippen LogP contribution in [0.5, 0.6) is 0 Å². The Bertz CT molecular complexity index is 756. The van der Waals surface area contributed by atoms with Gasteiger partial charge in [-0.05, 0) is 44.0 Å². The van der Waals surface area contributed by atoms with E-state index in [0.29, 0.717) is 0 Å². The molecule has 0 aliphatic carbocycles. The lowest BCUT2D eigenvalue weighted by molar-refractivity contribution is -0.140. The molecule has 6 nitrogen and oxygen atoms in total. The first kappa shape index (κ1) is 20.7. The Balaban J connectivity index is 2.66. The number of esters is 2. The molecule has 26 heavy (non-hydrogen) atoms. The smallest absolute Gasteiger partial charge is 0.416 e. The molecule has 0 spiro atoms. The lowest BCUT2D eigenvalue weighted by Gasteiger charge is -2.32. The van der Waals surface area contributed by atoms with Crippen LogP contribution in [0.1, 0.15) is 5.56 Å². The highest BCUT2D eigenvalue weighted by Crippen LogP contribution is 2.42. The average molecular weight is 503 g/mol. The van der Waals surface area contributed by atoms with Gasteiger partial charge in [-0.15, -0.1) is 0 Å². The number of alkyl halides is 3. The molecule has 0 amide bonds. The van der Waals surface area contributed by atoms with E-state index in [9.17, 15) is 22.8 Å². The molecule has 0 aromatic heterocycles. The van der Waals surface area contributed by atoms with Crippen LogP contribution in [0.3, 0.4) is 0 Å². The van der Waals surface area contributed by atoms with Gasteiger partial charge in [-0.3, -0.25) is 0 Å². The molecular formula is C15H12Br2F3NO5. The normalized spacial score (nSPS) is 15.1. The Labute approximate surface area is 163 Å². The van der Waals surface area contributed by atoms with E-state index in [1.165, 1.54) is 4.90 Å². The van der Waals surface area contributed by atoms with E-state index in [1.54, 1.807) is 0 Å². The predicted molar refractivity (Wildman–Crippen MR) is 91.2 cm³/mol. The zero-order chi connectivity index (χ0) is 19.6. The Hall–Kier alpha value is -1.59. The second-order valence-electron chi connectivity index (χ2n) is 5.00. The van der Waals surface area contributed by atoms with Crippen LogP contribution >= 0.6 is 31.9 Å². The number of carbonyl (C=O) groups excluding carboxylic acids is 2. The number of hydrogen-bond acceptors (Lipinski definition) is 6. The summed E-state index contributed by atoms with van der Waals surface area (Å²) in [5.74, 6) is -1.67. The summed E-state index contributed by atoms with van der Waals surface area (Å²) < 4.78 is 53.6. The maximum Gasteiger partial charge on any atom is 0.416 e. The molecule has 1 aliphatic rings. The van der Waals surface area contributed by atoms with E-state index in [0.717, 1.165) is 26.4 Å².